The zero-order valence-electron chi connectivity index (χ0n) is 28.7. The molecule has 6 N–H and O–H groups in total. The van der Waals surface area contributed by atoms with E-state index in [0.717, 1.165) is 38.5 Å². The van der Waals surface area contributed by atoms with Gasteiger partial charge in [-0.05, 0) is 124 Å². The largest absolute Gasteiger partial charge is 0.479 e. The fraction of sp³-hybridized carbons (Fsp3) is 0.917. The highest BCUT2D eigenvalue weighted by Crippen LogP contribution is 2.76. The second-order valence-electron chi connectivity index (χ2n) is 17.4. The van der Waals surface area contributed by atoms with Crippen LogP contribution in [-0.2, 0) is 14.3 Å². The minimum absolute atomic E-state index is 0.00566. The van der Waals surface area contributed by atoms with Crippen molar-refractivity contribution >= 4 is 5.97 Å². The van der Waals surface area contributed by atoms with Crippen LogP contribution in [0.3, 0.4) is 0 Å². The van der Waals surface area contributed by atoms with Gasteiger partial charge >= 0.3 is 5.97 Å². The molecular formula is C36H60O9. The molecule has 0 bridgehead atoms. The van der Waals surface area contributed by atoms with Gasteiger partial charge in [-0.25, -0.2) is 4.79 Å². The number of rotatable bonds is 7. The number of allylic oxidation sites excluding steroid dienone is 2. The second kappa shape index (κ2) is 11.8. The SMILES string of the molecule is CC(C)=CCC[C@](C)(O)[C@H]1CC[C@]2(C)[C@@H]1[C@H](O)C[C@@H]1[C@@]3(C)CC[C@H](O[C@@H]4O[C@H](C(=O)O)[C@@H](O)[C@H](O)[C@H]4O)C(C)(C)[C@@H]3CC[C@]12C. The van der Waals surface area contributed by atoms with Gasteiger partial charge in [-0.15, -0.1) is 0 Å². The molecule has 0 aromatic heterocycles. The van der Waals surface area contributed by atoms with E-state index in [1.54, 1.807) is 0 Å². The third-order valence-corrected chi connectivity index (χ3v) is 14.4. The number of carboxylic acids is 1. The van der Waals surface area contributed by atoms with Crippen LogP contribution in [0.4, 0.5) is 0 Å². The van der Waals surface area contributed by atoms with Crippen LogP contribution in [0.15, 0.2) is 11.6 Å². The van der Waals surface area contributed by atoms with Crippen LogP contribution in [0.5, 0.6) is 0 Å². The quantitative estimate of drug-likeness (QED) is 0.176. The summed E-state index contributed by atoms with van der Waals surface area (Å²) in [6.45, 7) is 17.7. The van der Waals surface area contributed by atoms with Crippen molar-refractivity contribution in [3.63, 3.8) is 0 Å². The summed E-state index contributed by atoms with van der Waals surface area (Å²) in [6, 6.07) is 0. The van der Waals surface area contributed by atoms with Crippen molar-refractivity contribution in [2.45, 2.75) is 162 Å². The van der Waals surface area contributed by atoms with Crippen molar-refractivity contribution in [2.75, 3.05) is 0 Å². The van der Waals surface area contributed by atoms with E-state index in [9.17, 15) is 35.4 Å². The molecule has 5 rings (SSSR count). The molecule has 0 amide bonds. The van der Waals surface area contributed by atoms with E-state index in [4.69, 9.17) is 9.47 Å². The monoisotopic (exact) mass is 636 g/mol. The Kier molecular flexibility index (Phi) is 9.25. The van der Waals surface area contributed by atoms with Gasteiger partial charge in [-0.2, -0.15) is 0 Å². The predicted octanol–water partition coefficient (Wildman–Crippen LogP) is 4.42. The number of carbonyl (C=O) groups is 1. The van der Waals surface area contributed by atoms with Gasteiger partial charge in [0.1, 0.15) is 18.3 Å². The number of fused-ring (bicyclic) bond motifs is 5. The van der Waals surface area contributed by atoms with Gasteiger partial charge in [0.05, 0.1) is 17.8 Å². The smallest absolute Gasteiger partial charge is 0.335 e. The number of hydrogen-bond donors (Lipinski definition) is 6. The molecule has 0 radical (unpaired) electrons. The van der Waals surface area contributed by atoms with Crippen molar-refractivity contribution < 1.29 is 44.9 Å². The third-order valence-electron chi connectivity index (χ3n) is 14.4. The van der Waals surface area contributed by atoms with Gasteiger partial charge in [-0.3, -0.25) is 0 Å². The lowest BCUT2D eigenvalue weighted by Gasteiger charge is -2.70. The van der Waals surface area contributed by atoms with Gasteiger partial charge in [0.15, 0.2) is 12.4 Å². The van der Waals surface area contributed by atoms with E-state index >= 15 is 0 Å². The predicted molar refractivity (Wildman–Crippen MR) is 169 cm³/mol. The topological polar surface area (TPSA) is 157 Å². The Labute approximate surface area is 269 Å². The Balaban J connectivity index is 1.38. The van der Waals surface area contributed by atoms with Crippen molar-refractivity contribution in [1.29, 1.82) is 0 Å². The first-order valence-corrected chi connectivity index (χ1v) is 17.3. The molecule has 0 spiro atoms. The molecule has 4 aliphatic carbocycles. The molecule has 45 heavy (non-hydrogen) atoms. The van der Waals surface area contributed by atoms with E-state index < -0.39 is 48.4 Å². The van der Waals surface area contributed by atoms with Crippen LogP contribution < -0.4 is 0 Å². The van der Waals surface area contributed by atoms with Crippen molar-refractivity contribution in [3.05, 3.63) is 11.6 Å². The molecule has 4 saturated carbocycles. The number of aliphatic carboxylic acids is 1. The molecule has 1 saturated heterocycles. The molecular weight excluding hydrogens is 576 g/mol. The normalized spacial score (nSPS) is 50.5. The zero-order chi connectivity index (χ0) is 33.5. The van der Waals surface area contributed by atoms with Crippen LogP contribution in [0.1, 0.15) is 113 Å². The number of hydrogen-bond acceptors (Lipinski definition) is 8. The average Bonchev–Trinajstić information content (AvgIpc) is 3.32. The van der Waals surface area contributed by atoms with Gasteiger partial charge in [0, 0.05) is 0 Å². The summed E-state index contributed by atoms with van der Waals surface area (Å²) in [5.74, 6) is -0.806. The van der Waals surface area contributed by atoms with E-state index in [1.165, 1.54) is 5.57 Å². The summed E-state index contributed by atoms with van der Waals surface area (Å²) in [5.41, 5.74) is -0.144. The molecule has 258 valence electrons. The van der Waals surface area contributed by atoms with Crippen LogP contribution in [-0.4, -0.2) is 85.1 Å². The highest BCUT2D eigenvalue weighted by atomic mass is 16.7. The Morgan fingerprint density at radius 1 is 0.911 bits per heavy atom. The Morgan fingerprint density at radius 3 is 2.18 bits per heavy atom. The Bertz CT molecular complexity index is 1150. The second-order valence-corrected chi connectivity index (χ2v) is 17.4. The highest BCUT2D eigenvalue weighted by Gasteiger charge is 2.71. The summed E-state index contributed by atoms with van der Waals surface area (Å²) in [6.07, 6.45) is 0.901. The minimum Gasteiger partial charge on any atom is -0.479 e. The summed E-state index contributed by atoms with van der Waals surface area (Å²) < 4.78 is 11.8. The maximum absolute atomic E-state index is 12.0. The van der Waals surface area contributed by atoms with E-state index in [0.29, 0.717) is 19.3 Å². The van der Waals surface area contributed by atoms with E-state index in [1.807, 2.05) is 6.92 Å². The molecule has 0 aromatic carbocycles. The molecule has 15 atom stereocenters. The first-order chi connectivity index (χ1) is 20.7. The van der Waals surface area contributed by atoms with Crippen molar-refractivity contribution in [1.82, 2.24) is 0 Å². The lowest BCUT2D eigenvalue weighted by Crippen LogP contribution is -2.67. The number of ether oxygens (including phenoxy) is 2. The average molecular weight is 637 g/mol. The summed E-state index contributed by atoms with van der Waals surface area (Å²) in [5, 5.41) is 64.5. The maximum atomic E-state index is 12.0. The molecule has 1 heterocycles. The molecule has 9 heteroatoms. The molecule has 0 unspecified atom stereocenters. The third kappa shape index (κ3) is 5.44. The number of aliphatic hydroxyl groups is 5. The van der Waals surface area contributed by atoms with Crippen LogP contribution in [0, 0.1) is 45.3 Å². The first-order valence-electron chi connectivity index (χ1n) is 17.3. The van der Waals surface area contributed by atoms with Crippen LogP contribution in [0.25, 0.3) is 0 Å². The standard InChI is InChI=1S/C36H60O9/c1-19(2)10-9-14-36(8,43)20-11-16-35(7)25(20)21(37)18-23-33(5)15-13-24(32(3,4)22(33)12-17-34(23,35)6)44-31-28(40)26(38)27(39)29(45-31)30(41)42/h10,20-29,31,37-40,43H,9,11-18H2,1-8H3,(H,41,42)/t20-,21+,22-,23+,24-,25-,26-,27-,28+,29-,31+,33-,34+,35+,36-/m0/s1. The number of carboxylic acid groups (broad SMARTS) is 1. The molecule has 5 fully saturated rings. The highest BCUT2D eigenvalue weighted by molar-refractivity contribution is 5.73. The summed E-state index contributed by atoms with van der Waals surface area (Å²) >= 11 is 0. The maximum Gasteiger partial charge on any atom is 0.335 e. The molecule has 9 nitrogen and oxygen atoms in total. The van der Waals surface area contributed by atoms with Gasteiger partial charge in [-0.1, -0.05) is 46.3 Å². The fourth-order valence-electron chi connectivity index (χ4n) is 11.8. The van der Waals surface area contributed by atoms with Gasteiger partial charge in [0.2, 0.25) is 0 Å². The van der Waals surface area contributed by atoms with E-state index in [2.05, 4.69) is 54.5 Å². The number of aliphatic hydroxyl groups excluding tert-OH is 4. The Hall–Kier alpha value is -1.07. The summed E-state index contributed by atoms with van der Waals surface area (Å²) in [4.78, 5) is 11.7. The lowest BCUT2D eigenvalue weighted by molar-refractivity contribution is -0.326. The Morgan fingerprint density at radius 2 is 1.56 bits per heavy atom. The van der Waals surface area contributed by atoms with Crippen LogP contribution >= 0.6 is 0 Å². The zero-order valence-corrected chi connectivity index (χ0v) is 28.7. The lowest BCUT2D eigenvalue weighted by atomic mass is 9.35. The van der Waals surface area contributed by atoms with Gasteiger partial charge < -0.3 is 40.1 Å². The van der Waals surface area contributed by atoms with Crippen molar-refractivity contribution in [2.24, 2.45) is 45.3 Å². The first kappa shape index (κ1) is 35.2. The molecule has 5 aliphatic rings. The van der Waals surface area contributed by atoms with Crippen molar-refractivity contribution in [3.8, 4) is 0 Å². The van der Waals surface area contributed by atoms with Crippen LogP contribution in [0.2, 0.25) is 0 Å². The fourth-order valence-corrected chi connectivity index (χ4v) is 11.8. The van der Waals surface area contributed by atoms with Gasteiger partial charge in [0.25, 0.3) is 0 Å². The molecule has 1 aliphatic heterocycles. The summed E-state index contributed by atoms with van der Waals surface area (Å²) in [7, 11) is 0. The van der Waals surface area contributed by atoms with E-state index in [-0.39, 0.29) is 51.4 Å². The molecule has 0 aromatic rings. The minimum atomic E-state index is -1.75.